The second-order valence-electron chi connectivity index (χ2n) is 6.63. The number of carbonyl (C=O) groups excluding carboxylic acids is 1. The summed E-state index contributed by atoms with van der Waals surface area (Å²) in [6.07, 6.45) is 4.98. The van der Waals surface area contributed by atoms with Crippen LogP contribution in [0.15, 0.2) is 24.4 Å². The van der Waals surface area contributed by atoms with Gasteiger partial charge in [0.25, 0.3) is 0 Å². The van der Waals surface area contributed by atoms with Crippen molar-refractivity contribution in [1.82, 2.24) is 19.5 Å². The number of pyridine rings is 1. The number of amides is 2. The minimum atomic E-state index is -3.13. The highest BCUT2D eigenvalue weighted by Crippen LogP contribution is 2.30. The highest BCUT2D eigenvalue weighted by molar-refractivity contribution is 7.89. The molecule has 7 nitrogen and oxygen atoms in total. The number of hydrogen-bond acceptors (Lipinski definition) is 4. The average molecular weight is 366 g/mol. The SMILES string of the molecule is CCS(=O)(=O)N1CCC(NC(=O)N2CCC[C@@H]2c2ccccn2)CC1. The molecule has 0 aromatic carbocycles. The second-order valence-corrected chi connectivity index (χ2v) is 8.89. The maximum absolute atomic E-state index is 12.7. The molecule has 0 spiro atoms. The molecule has 1 N–H and O–H groups in total. The molecule has 3 heterocycles. The number of carbonyl (C=O) groups is 1. The molecule has 2 aliphatic rings. The lowest BCUT2D eigenvalue weighted by Crippen LogP contribution is -2.50. The fraction of sp³-hybridized carbons (Fsp3) is 0.647. The van der Waals surface area contributed by atoms with Crippen molar-refractivity contribution in [3.05, 3.63) is 30.1 Å². The molecule has 25 heavy (non-hydrogen) atoms. The molecule has 2 amide bonds. The van der Waals surface area contributed by atoms with Crippen molar-refractivity contribution >= 4 is 16.1 Å². The first-order valence-electron chi connectivity index (χ1n) is 8.97. The summed E-state index contributed by atoms with van der Waals surface area (Å²) in [7, 11) is -3.13. The zero-order valence-electron chi connectivity index (χ0n) is 14.6. The summed E-state index contributed by atoms with van der Waals surface area (Å²) in [6, 6.07) is 5.78. The molecule has 8 heteroatoms. The summed E-state index contributed by atoms with van der Waals surface area (Å²) in [5.41, 5.74) is 0.930. The number of urea groups is 1. The van der Waals surface area contributed by atoms with E-state index in [4.69, 9.17) is 0 Å². The van der Waals surface area contributed by atoms with Crippen LogP contribution < -0.4 is 5.32 Å². The molecule has 1 atom stereocenters. The predicted octanol–water partition coefficient (Wildman–Crippen LogP) is 1.74. The Morgan fingerprint density at radius 1 is 1.24 bits per heavy atom. The van der Waals surface area contributed by atoms with E-state index >= 15 is 0 Å². The monoisotopic (exact) mass is 366 g/mol. The normalized spacial score (nSPS) is 22.9. The van der Waals surface area contributed by atoms with Crippen molar-refractivity contribution in [2.24, 2.45) is 0 Å². The van der Waals surface area contributed by atoms with Gasteiger partial charge in [0.1, 0.15) is 0 Å². The van der Waals surface area contributed by atoms with Crippen LogP contribution in [0.1, 0.15) is 44.3 Å². The van der Waals surface area contributed by atoms with Crippen LogP contribution in [0, 0.1) is 0 Å². The third-order valence-electron chi connectivity index (χ3n) is 5.08. The highest BCUT2D eigenvalue weighted by Gasteiger charge is 2.33. The molecule has 2 aliphatic heterocycles. The first kappa shape index (κ1) is 18.1. The first-order valence-corrected chi connectivity index (χ1v) is 10.6. The Kier molecular flexibility index (Phi) is 5.58. The maximum atomic E-state index is 12.7. The molecule has 0 bridgehead atoms. The number of piperidine rings is 1. The fourth-order valence-corrected chi connectivity index (χ4v) is 4.74. The summed E-state index contributed by atoms with van der Waals surface area (Å²) >= 11 is 0. The summed E-state index contributed by atoms with van der Waals surface area (Å²) in [4.78, 5) is 18.9. The van der Waals surface area contributed by atoms with Gasteiger partial charge in [-0.15, -0.1) is 0 Å². The molecule has 138 valence electrons. The summed E-state index contributed by atoms with van der Waals surface area (Å²) in [5, 5.41) is 3.09. The molecule has 2 fully saturated rings. The van der Waals surface area contributed by atoms with Crippen molar-refractivity contribution in [2.45, 2.75) is 44.7 Å². The first-order chi connectivity index (χ1) is 12.0. The molecular formula is C17H26N4O3S. The van der Waals surface area contributed by atoms with Crippen molar-refractivity contribution in [3.8, 4) is 0 Å². The van der Waals surface area contributed by atoms with E-state index in [-0.39, 0.29) is 23.9 Å². The second kappa shape index (κ2) is 7.70. The van der Waals surface area contributed by atoms with Crippen molar-refractivity contribution in [3.63, 3.8) is 0 Å². The van der Waals surface area contributed by atoms with Gasteiger partial charge in [-0.1, -0.05) is 6.07 Å². The Hall–Kier alpha value is -1.67. The third kappa shape index (κ3) is 4.12. The van der Waals surface area contributed by atoms with E-state index < -0.39 is 10.0 Å². The number of aromatic nitrogens is 1. The van der Waals surface area contributed by atoms with Crippen LogP contribution in [0.5, 0.6) is 0 Å². The van der Waals surface area contributed by atoms with Crippen LogP contribution in [0.3, 0.4) is 0 Å². The summed E-state index contributed by atoms with van der Waals surface area (Å²) < 4.78 is 25.4. The van der Waals surface area contributed by atoms with Gasteiger partial charge in [-0.25, -0.2) is 17.5 Å². The van der Waals surface area contributed by atoms with E-state index in [2.05, 4.69) is 10.3 Å². The Labute approximate surface area is 149 Å². The van der Waals surface area contributed by atoms with Crippen LogP contribution in [-0.4, -0.2) is 60.1 Å². The zero-order chi connectivity index (χ0) is 17.9. The van der Waals surface area contributed by atoms with Gasteiger partial charge in [0.15, 0.2) is 0 Å². The molecule has 1 aromatic rings. The molecule has 0 radical (unpaired) electrons. The highest BCUT2D eigenvalue weighted by atomic mass is 32.2. The Bertz CT molecular complexity index is 687. The Morgan fingerprint density at radius 3 is 2.64 bits per heavy atom. The average Bonchev–Trinajstić information content (AvgIpc) is 3.13. The minimum Gasteiger partial charge on any atom is -0.335 e. The van der Waals surface area contributed by atoms with Gasteiger partial charge in [-0.05, 0) is 44.7 Å². The van der Waals surface area contributed by atoms with Crippen LogP contribution in [0.4, 0.5) is 4.79 Å². The quantitative estimate of drug-likeness (QED) is 0.880. The smallest absolute Gasteiger partial charge is 0.318 e. The van der Waals surface area contributed by atoms with Crippen molar-refractivity contribution in [1.29, 1.82) is 0 Å². The number of rotatable bonds is 4. The van der Waals surface area contributed by atoms with Crippen molar-refractivity contribution in [2.75, 3.05) is 25.4 Å². The number of nitrogens with one attached hydrogen (secondary N) is 1. The summed E-state index contributed by atoms with van der Waals surface area (Å²) in [6.45, 7) is 3.35. The standard InChI is InChI=1S/C17H26N4O3S/c1-2-25(23,24)20-12-8-14(9-13-20)19-17(22)21-11-5-7-16(21)15-6-3-4-10-18-15/h3-4,6,10,14,16H,2,5,7-9,11-13H2,1H3,(H,19,22)/t16-/m1/s1. The molecule has 3 rings (SSSR count). The van der Waals surface area contributed by atoms with Crippen LogP contribution >= 0.6 is 0 Å². The number of sulfonamides is 1. The molecular weight excluding hydrogens is 340 g/mol. The maximum Gasteiger partial charge on any atom is 0.318 e. The van der Waals surface area contributed by atoms with E-state index in [1.54, 1.807) is 13.1 Å². The minimum absolute atomic E-state index is 0.0285. The van der Waals surface area contributed by atoms with Gasteiger partial charge >= 0.3 is 6.03 Å². The van der Waals surface area contributed by atoms with E-state index in [1.165, 1.54) is 4.31 Å². The van der Waals surface area contributed by atoms with Crippen LogP contribution in [-0.2, 0) is 10.0 Å². The van der Waals surface area contributed by atoms with E-state index in [0.29, 0.717) is 25.9 Å². The summed E-state index contributed by atoms with van der Waals surface area (Å²) in [5.74, 6) is 0.129. The van der Waals surface area contributed by atoms with Gasteiger partial charge in [0.2, 0.25) is 10.0 Å². The van der Waals surface area contributed by atoms with E-state index in [1.807, 2.05) is 23.1 Å². The van der Waals surface area contributed by atoms with Gasteiger partial charge in [0, 0.05) is 31.9 Å². The van der Waals surface area contributed by atoms with Gasteiger partial charge in [-0.3, -0.25) is 4.98 Å². The lowest BCUT2D eigenvalue weighted by atomic mass is 10.1. The van der Waals surface area contributed by atoms with Gasteiger partial charge < -0.3 is 10.2 Å². The molecule has 0 aliphatic carbocycles. The van der Waals surface area contributed by atoms with Crippen LogP contribution in [0.25, 0.3) is 0 Å². The molecule has 1 aromatic heterocycles. The lowest BCUT2D eigenvalue weighted by molar-refractivity contribution is 0.181. The molecule has 0 unspecified atom stereocenters. The molecule has 0 saturated carbocycles. The van der Waals surface area contributed by atoms with Gasteiger partial charge in [0.05, 0.1) is 17.5 Å². The largest absolute Gasteiger partial charge is 0.335 e. The van der Waals surface area contributed by atoms with E-state index in [0.717, 1.165) is 25.1 Å². The lowest BCUT2D eigenvalue weighted by Gasteiger charge is -2.33. The fourth-order valence-electron chi connectivity index (χ4n) is 3.61. The molecule has 2 saturated heterocycles. The van der Waals surface area contributed by atoms with E-state index in [9.17, 15) is 13.2 Å². The number of likely N-dealkylation sites (tertiary alicyclic amines) is 1. The van der Waals surface area contributed by atoms with Crippen molar-refractivity contribution < 1.29 is 13.2 Å². The Morgan fingerprint density at radius 2 is 2.00 bits per heavy atom. The number of nitrogens with zero attached hydrogens (tertiary/aromatic N) is 3. The number of hydrogen-bond donors (Lipinski definition) is 1. The van der Waals surface area contributed by atoms with Gasteiger partial charge in [-0.2, -0.15) is 0 Å². The zero-order valence-corrected chi connectivity index (χ0v) is 15.4. The Balaban J connectivity index is 1.56. The topological polar surface area (TPSA) is 82.6 Å². The van der Waals surface area contributed by atoms with Crippen LogP contribution in [0.2, 0.25) is 0 Å². The third-order valence-corrected chi connectivity index (χ3v) is 6.96. The predicted molar refractivity (Wildman–Crippen MR) is 95.5 cm³/mol.